The summed E-state index contributed by atoms with van der Waals surface area (Å²) in [4.78, 5) is 16.2. The number of amides is 1. The van der Waals surface area contributed by atoms with Gasteiger partial charge >= 0.3 is 0 Å². The van der Waals surface area contributed by atoms with E-state index in [0.717, 1.165) is 22.6 Å². The zero-order chi connectivity index (χ0) is 16.1. The zero-order valence-corrected chi connectivity index (χ0v) is 12.7. The van der Waals surface area contributed by atoms with Gasteiger partial charge in [-0.15, -0.1) is 0 Å². The van der Waals surface area contributed by atoms with Crippen molar-refractivity contribution in [3.05, 3.63) is 72.2 Å². The van der Waals surface area contributed by atoms with Gasteiger partial charge in [-0.2, -0.15) is 0 Å². The summed E-state index contributed by atoms with van der Waals surface area (Å²) in [5.41, 5.74) is 3.32. The van der Waals surface area contributed by atoms with E-state index in [1.54, 1.807) is 31.8 Å². The van der Waals surface area contributed by atoms with E-state index in [-0.39, 0.29) is 5.91 Å². The summed E-state index contributed by atoms with van der Waals surface area (Å²) in [5.74, 6) is 0.655. The predicted octanol–water partition coefficient (Wildman–Crippen LogP) is 3.31. The molecule has 0 saturated carbocycles. The second-order valence-corrected chi connectivity index (χ2v) is 5.07. The second kappa shape index (κ2) is 6.79. The van der Waals surface area contributed by atoms with E-state index in [1.807, 2.05) is 36.4 Å². The highest BCUT2D eigenvalue weighted by Gasteiger charge is 2.07. The highest BCUT2D eigenvalue weighted by molar-refractivity contribution is 5.94. The van der Waals surface area contributed by atoms with Gasteiger partial charge in [-0.3, -0.25) is 9.78 Å². The normalized spacial score (nSPS) is 10.3. The lowest BCUT2D eigenvalue weighted by Gasteiger charge is -2.07. The Labute approximate surface area is 134 Å². The van der Waals surface area contributed by atoms with Crippen molar-refractivity contribution in [1.29, 1.82) is 0 Å². The Hall–Kier alpha value is -3.08. The van der Waals surface area contributed by atoms with E-state index in [0.29, 0.717) is 12.1 Å². The minimum atomic E-state index is -0.155. The smallest absolute Gasteiger partial charge is 0.253 e. The first kappa shape index (κ1) is 14.8. The lowest BCUT2D eigenvalue weighted by Crippen LogP contribution is -2.23. The first-order chi connectivity index (χ1) is 11.3. The summed E-state index contributed by atoms with van der Waals surface area (Å²) in [6.45, 7) is 0.442. The third-order valence-corrected chi connectivity index (χ3v) is 3.47. The summed E-state index contributed by atoms with van der Waals surface area (Å²) in [5, 5.41) is 5.87. The molecular weight excluding hydrogens is 290 g/mol. The van der Waals surface area contributed by atoms with Gasteiger partial charge in [0.05, 0.1) is 17.5 Å². The van der Waals surface area contributed by atoms with Crippen molar-refractivity contribution >= 4 is 11.6 Å². The number of nitrogens with zero attached hydrogens (tertiary/aromatic N) is 1. The lowest BCUT2D eigenvalue weighted by atomic mass is 10.1. The SMILES string of the molecule is CNc1cncc(C(=O)NCc2cccc(-c3ccco3)c2)c1. The first-order valence-corrected chi connectivity index (χ1v) is 7.30. The van der Waals surface area contributed by atoms with Crippen molar-refractivity contribution in [2.24, 2.45) is 0 Å². The topological polar surface area (TPSA) is 67.2 Å². The van der Waals surface area contributed by atoms with Crippen LogP contribution in [-0.2, 0) is 6.54 Å². The predicted molar refractivity (Wildman–Crippen MR) is 89.1 cm³/mol. The van der Waals surface area contributed by atoms with Gasteiger partial charge in [0, 0.05) is 31.5 Å². The molecule has 1 amide bonds. The number of hydrogen-bond acceptors (Lipinski definition) is 4. The Morgan fingerprint density at radius 1 is 1.17 bits per heavy atom. The van der Waals surface area contributed by atoms with E-state index in [4.69, 9.17) is 4.42 Å². The number of hydrogen-bond donors (Lipinski definition) is 2. The molecule has 0 atom stereocenters. The van der Waals surface area contributed by atoms with Crippen LogP contribution in [0.4, 0.5) is 5.69 Å². The molecule has 0 spiro atoms. The van der Waals surface area contributed by atoms with Gasteiger partial charge in [-0.25, -0.2) is 0 Å². The Morgan fingerprint density at radius 2 is 2.09 bits per heavy atom. The van der Waals surface area contributed by atoms with Crippen LogP contribution in [0.15, 0.2) is 65.5 Å². The van der Waals surface area contributed by atoms with Crippen LogP contribution >= 0.6 is 0 Å². The maximum absolute atomic E-state index is 12.2. The van der Waals surface area contributed by atoms with E-state index in [2.05, 4.69) is 15.6 Å². The molecule has 23 heavy (non-hydrogen) atoms. The molecule has 0 fully saturated rings. The highest BCUT2D eigenvalue weighted by Crippen LogP contribution is 2.20. The summed E-state index contributed by atoms with van der Waals surface area (Å²) in [6, 6.07) is 13.4. The highest BCUT2D eigenvalue weighted by atomic mass is 16.3. The molecule has 0 aliphatic carbocycles. The average molecular weight is 307 g/mol. The van der Waals surface area contributed by atoms with E-state index >= 15 is 0 Å². The van der Waals surface area contributed by atoms with Crippen molar-refractivity contribution in [2.75, 3.05) is 12.4 Å². The van der Waals surface area contributed by atoms with Crippen molar-refractivity contribution in [2.45, 2.75) is 6.54 Å². The van der Waals surface area contributed by atoms with Gasteiger partial charge in [0.25, 0.3) is 5.91 Å². The second-order valence-electron chi connectivity index (χ2n) is 5.07. The number of nitrogens with one attached hydrogen (secondary N) is 2. The number of rotatable bonds is 5. The van der Waals surface area contributed by atoms with Gasteiger partial charge in [-0.05, 0) is 29.8 Å². The van der Waals surface area contributed by atoms with Gasteiger partial charge in [0.1, 0.15) is 5.76 Å². The van der Waals surface area contributed by atoms with E-state index in [1.165, 1.54) is 0 Å². The van der Waals surface area contributed by atoms with Crippen molar-refractivity contribution < 1.29 is 9.21 Å². The Bertz CT molecular complexity index is 798. The van der Waals surface area contributed by atoms with Crippen molar-refractivity contribution in [1.82, 2.24) is 10.3 Å². The molecule has 3 rings (SSSR count). The zero-order valence-electron chi connectivity index (χ0n) is 12.7. The van der Waals surface area contributed by atoms with Crippen LogP contribution < -0.4 is 10.6 Å². The number of pyridine rings is 1. The molecule has 5 heteroatoms. The molecule has 0 aliphatic rings. The minimum Gasteiger partial charge on any atom is -0.464 e. The maximum atomic E-state index is 12.2. The molecule has 0 radical (unpaired) electrons. The van der Waals surface area contributed by atoms with Crippen LogP contribution in [0.2, 0.25) is 0 Å². The summed E-state index contributed by atoms with van der Waals surface area (Å²) >= 11 is 0. The van der Waals surface area contributed by atoms with Crippen LogP contribution in [0.5, 0.6) is 0 Å². The number of carbonyl (C=O) groups is 1. The lowest BCUT2D eigenvalue weighted by molar-refractivity contribution is 0.0950. The molecule has 3 aromatic rings. The summed E-state index contributed by atoms with van der Waals surface area (Å²) in [6.07, 6.45) is 4.87. The monoisotopic (exact) mass is 307 g/mol. The molecule has 116 valence electrons. The molecule has 2 N–H and O–H groups in total. The summed E-state index contributed by atoms with van der Waals surface area (Å²) in [7, 11) is 1.79. The Balaban J connectivity index is 1.68. The van der Waals surface area contributed by atoms with Crippen molar-refractivity contribution in [3.8, 4) is 11.3 Å². The van der Waals surface area contributed by atoms with Crippen LogP contribution in [0.25, 0.3) is 11.3 Å². The molecule has 0 bridgehead atoms. The van der Waals surface area contributed by atoms with E-state index in [9.17, 15) is 4.79 Å². The molecule has 2 aromatic heterocycles. The molecule has 2 heterocycles. The fourth-order valence-electron chi connectivity index (χ4n) is 2.26. The van der Waals surface area contributed by atoms with E-state index < -0.39 is 0 Å². The molecule has 0 saturated heterocycles. The standard InChI is InChI=1S/C18H17N3O2/c1-19-16-9-15(11-20-12-16)18(22)21-10-13-4-2-5-14(8-13)17-6-3-7-23-17/h2-9,11-12,19H,10H2,1H3,(H,21,22). The number of carbonyl (C=O) groups excluding carboxylic acids is 1. The quantitative estimate of drug-likeness (QED) is 0.759. The fraction of sp³-hybridized carbons (Fsp3) is 0.111. The number of anilines is 1. The molecule has 1 aromatic carbocycles. The van der Waals surface area contributed by atoms with Crippen LogP contribution in [0, 0.1) is 0 Å². The molecule has 0 aliphatic heterocycles. The first-order valence-electron chi connectivity index (χ1n) is 7.30. The largest absolute Gasteiger partial charge is 0.464 e. The third-order valence-electron chi connectivity index (χ3n) is 3.47. The molecule has 0 unspecified atom stereocenters. The molecular formula is C18H17N3O2. The van der Waals surface area contributed by atoms with Gasteiger partial charge in [0.2, 0.25) is 0 Å². The fourth-order valence-corrected chi connectivity index (χ4v) is 2.26. The van der Waals surface area contributed by atoms with Crippen LogP contribution in [-0.4, -0.2) is 17.9 Å². The molecule has 5 nitrogen and oxygen atoms in total. The van der Waals surface area contributed by atoms with Gasteiger partial charge < -0.3 is 15.1 Å². The number of furan rings is 1. The number of aromatic nitrogens is 1. The Kier molecular flexibility index (Phi) is 4.38. The maximum Gasteiger partial charge on any atom is 0.253 e. The minimum absolute atomic E-state index is 0.155. The Morgan fingerprint density at radius 3 is 2.87 bits per heavy atom. The third kappa shape index (κ3) is 3.58. The summed E-state index contributed by atoms with van der Waals surface area (Å²) < 4.78 is 5.39. The van der Waals surface area contributed by atoms with Gasteiger partial charge in [-0.1, -0.05) is 18.2 Å². The number of benzene rings is 1. The average Bonchev–Trinajstić information content (AvgIpc) is 3.14. The van der Waals surface area contributed by atoms with Crippen LogP contribution in [0.1, 0.15) is 15.9 Å². The van der Waals surface area contributed by atoms with Gasteiger partial charge in [0.15, 0.2) is 0 Å². The van der Waals surface area contributed by atoms with Crippen LogP contribution in [0.3, 0.4) is 0 Å². The van der Waals surface area contributed by atoms with Crippen molar-refractivity contribution in [3.63, 3.8) is 0 Å².